The molecular weight excluding hydrogens is 306 g/mol. The highest BCUT2D eigenvalue weighted by molar-refractivity contribution is 7.14. The minimum atomic E-state index is 0.605. The average molecular weight is 326 g/mol. The van der Waals surface area contributed by atoms with E-state index < -0.39 is 0 Å². The Labute approximate surface area is 134 Å². The predicted octanol–water partition coefficient (Wildman–Crippen LogP) is 3.92. The van der Waals surface area contributed by atoms with Crippen molar-refractivity contribution >= 4 is 34.8 Å². The van der Waals surface area contributed by atoms with Gasteiger partial charge >= 0.3 is 0 Å². The molecule has 114 valence electrons. The Bertz CT molecular complexity index is 582. The van der Waals surface area contributed by atoms with Crippen LogP contribution in [0.2, 0.25) is 5.02 Å². The largest absolute Gasteiger partial charge is 0.354 e. The monoisotopic (exact) mass is 325 g/mol. The Morgan fingerprint density at radius 3 is 2.52 bits per heavy atom. The highest BCUT2D eigenvalue weighted by Gasteiger charge is 2.15. The molecule has 2 aromatic heterocycles. The van der Waals surface area contributed by atoms with Gasteiger partial charge in [0.2, 0.25) is 11.9 Å². The lowest BCUT2D eigenvalue weighted by molar-refractivity contribution is 0.812. The summed E-state index contributed by atoms with van der Waals surface area (Å²) in [6.45, 7) is 8.82. The van der Waals surface area contributed by atoms with Crippen molar-refractivity contribution in [2.24, 2.45) is 0 Å². The van der Waals surface area contributed by atoms with Gasteiger partial charge in [0.15, 0.2) is 5.82 Å². The number of halogens is 1. The van der Waals surface area contributed by atoms with Gasteiger partial charge in [-0.2, -0.15) is 15.0 Å². The van der Waals surface area contributed by atoms with Gasteiger partial charge in [-0.15, -0.1) is 11.3 Å². The molecule has 0 aliphatic rings. The summed E-state index contributed by atoms with van der Waals surface area (Å²) in [4.78, 5) is 16.6. The van der Waals surface area contributed by atoms with Crippen LogP contribution in [0.25, 0.3) is 10.7 Å². The molecule has 5 nitrogen and oxygen atoms in total. The summed E-state index contributed by atoms with van der Waals surface area (Å²) in [6.07, 6.45) is 1.02. The molecule has 0 saturated heterocycles. The van der Waals surface area contributed by atoms with Crippen LogP contribution in [0.15, 0.2) is 11.4 Å². The van der Waals surface area contributed by atoms with Crippen LogP contribution in [0.3, 0.4) is 0 Å². The molecule has 0 atom stereocenters. The molecule has 0 unspecified atom stereocenters. The molecule has 0 aliphatic heterocycles. The highest BCUT2D eigenvalue weighted by atomic mass is 35.5. The fraction of sp³-hybridized carbons (Fsp3) is 0.500. The first-order valence-corrected chi connectivity index (χ1v) is 8.43. The second-order valence-electron chi connectivity index (χ2n) is 4.48. The number of hydrogen-bond acceptors (Lipinski definition) is 6. The zero-order chi connectivity index (χ0) is 15.2. The molecule has 0 saturated carbocycles. The van der Waals surface area contributed by atoms with Crippen molar-refractivity contribution in [1.82, 2.24) is 15.0 Å². The van der Waals surface area contributed by atoms with Gasteiger partial charge in [-0.1, -0.05) is 18.5 Å². The third kappa shape index (κ3) is 3.83. The fourth-order valence-corrected chi connectivity index (χ4v) is 2.96. The van der Waals surface area contributed by atoms with E-state index in [9.17, 15) is 0 Å². The SMILES string of the molecule is CCCNc1nc(-c2sccc2Cl)nc(N(CC)CC)n1. The molecule has 21 heavy (non-hydrogen) atoms. The maximum atomic E-state index is 6.21. The highest BCUT2D eigenvalue weighted by Crippen LogP contribution is 2.32. The number of aromatic nitrogens is 3. The summed E-state index contributed by atoms with van der Waals surface area (Å²) in [5.41, 5.74) is 0. The van der Waals surface area contributed by atoms with E-state index in [0.717, 1.165) is 30.9 Å². The summed E-state index contributed by atoms with van der Waals surface area (Å²) in [7, 11) is 0. The van der Waals surface area contributed by atoms with Crippen LogP contribution < -0.4 is 10.2 Å². The maximum absolute atomic E-state index is 6.21. The van der Waals surface area contributed by atoms with Gasteiger partial charge in [0.05, 0.1) is 9.90 Å². The first-order chi connectivity index (χ1) is 10.2. The van der Waals surface area contributed by atoms with Crippen molar-refractivity contribution in [2.45, 2.75) is 27.2 Å². The zero-order valence-corrected chi connectivity index (χ0v) is 14.1. The quantitative estimate of drug-likeness (QED) is 0.836. The molecule has 0 aromatic carbocycles. The maximum Gasteiger partial charge on any atom is 0.230 e. The van der Waals surface area contributed by atoms with Crippen LogP contribution in [0.1, 0.15) is 27.2 Å². The van der Waals surface area contributed by atoms with Crippen LogP contribution in [-0.2, 0) is 0 Å². The Hall–Kier alpha value is -1.40. The van der Waals surface area contributed by atoms with E-state index >= 15 is 0 Å². The Balaban J connectivity index is 2.44. The molecule has 2 rings (SSSR count). The number of anilines is 2. The molecule has 0 aliphatic carbocycles. The van der Waals surface area contributed by atoms with Gasteiger partial charge in [-0.3, -0.25) is 0 Å². The first kappa shape index (κ1) is 16.0. The Kier molecular flexibility index (Phi) is 5.76. The lowest BCUT2D eigenvalue weighted by Gasteiger charge is -2.19. The lowest BCUT2D eigenvalue weighted by Crippen LogP contribution is -2.25. The van der Waals surface area contributed by atoms with E-state index in [4.69, 9.17) is 11.6 Å². The topological polar surface area (TPSA) is 53.9 Å². The molecule has 7 heteroatoms. The standard InChI is InChI=1S/C14H20ClN5S/c1-4-8-16-13-17-12(11-10(15)7-9-21-11)18-14(19-13)20(5-2)6-3/h7,9H,4-6,8H2,1-3H3,(H,16,17,18,19). The summed E-state index contributed by atoms with van der Waals surface area (Å²) in [6, 6.07) is 1.86. The van der Waals surface area contributed by atoms with Gasteiger partial charge < -0.3 is 10.2 Å². The third-order valence-electron chi connectivity index (χ3n) is 3.02. The normalized spacial score (nSPS) is 10.7. The number of hydrogen-bond donors (Lipinski definition) is 1. The number of nitrogens with zero attached hydrogens (tertiary/aromatic N) is 4. The van der Waals surface area contributed by atoms with Crippen molar-refractivity contribution in [3.05, 3.63) is 16.5 Å². The molecule has 0 spiro atoms. The molecule has 1 N–H and O–H groups in total. The van der Waals surface area contributed by atoms with Gasteiger partial charge in [-0.25, -0.2) is 0 Å². The summed E-state index contributed by atoms with van der Waals surface area (Å²) < 4.78 is 0. The van der Waals surface area contributed by atoms with Crippen molar-refractivity contribution in [2.75, 3.05) is 29.9 Å². The van der Waals surface area contributed by atoms with E-state index in [2.05, 4.69) is 45.9 Å². The van der Waals surface area contributed by atoms with E-state index in [1.165, 1.54) is 11.3 Å². The second-order valence-corrected chi connectivity index (χ2v) is 5.80. The van der Waals surface area contributed by atoms with Crippen molar-refractivity contribution in [3.8, 4) is 10.7 Å². The van der Waals surface area contributed by atoms with E-state index in [1.807, 2.05) is 11.4 Å². The zero-order valence-electron chi connectivity index (χ0n) is 12.6. The van der Waals surface area contributed by atoms with Crippen LogP contribution in [0, 0.1) is 0 Å². The van der Waals surface area contributed by atoms with E-state index in [-0.39, 0.29) is 0 Å². The molecule has 2 heterocycles. The van der Waals surface area contributed by atoms with E-state index in [0.29, 0.717) is 22.7 Å². The van der Waals surface area contributed by atoms with Crippen LogP contribution >= 0.6 is 22.9 Å². The fourth-order valence-electron chi connectivity index (χ4n) is 1.88. The summed E-state index contributed by atoms with van der Waals surface area (Å²) in [5.74, 6) is 1.92. The second kappa shape index (κ2) is 7.56. The number of thiophene rings is 1. The van der Waals surface area contributed by atoms with Crippen molar-refractivity contribution < 1.29 is 0 Å². The Morgan fingerprint density at radius 2 is 1.95 bits per heavy atom. The lowest BCUT2D eigenvalue weighted by atomic mass is 10.4. The predicted molar refractivity (Wildman–Crippen MR) is 90.5 cm³/mol. The average Bonchev–Trinajstić information content (AvgIpc) is 2.92. The smallest absolute Gasteiger partial charge is 0.230 e. The van der Waals surface area contributed by atoms with Gasteiger partial charge in [0, 0.05) is 19.6 Å². The van der Waals surface area contributed by atoms with E-state index in [1.54, 1.807) is 0 Å². The van der Waals surface area contributed by atoms with Crippen LogP contribution in [-0.4, -0.2) is 34.6 Å². The van der Waals surface area contributed by atoms with Crippen molar-refractivity contribution in [3.63, 3.8) is 0 Å². The van der Waals surface area contributed by atoms with Gasteiger partial charge in [0.25, 0.3) is 0 Å². The Morgan fingerprint density at radius 1 is 1.19 bits per heavy atom. The molecule has 0 amide bonds. The van der Waals surface area contributed by atoms with Crippen molar-refractivity contribution in [1.29, 1.82) is 0 Å². The minimum absolute atomic E-state index is 0.605. The number of nitrogens with one attached hydrogen (secondary N) is 1. The van der Waals surface area contributed by atoms with Gasteiger partial charge in [0.1, 0.15) is 0 Å². The van der Waals surface area contributed by atoms with Crippen LogP contribution in [0.4, 0.5) is 11.9 Å². The summed E-state index contributed by atoms with van der Waals surface area (Å²) >= 11 is 7.75. The van der Waals surface area contributed by atoms with Gasteiger partial charge in [-0.05, 0) is 31.7 Å². The minimum Gasteiger partial charge on any atom is -0.354 e. The first-order valence-electron chi connectivity index (χ1n) is 7.17. The molecule has 0 radical (unpaired) electrons. The summed E-state index contributed by atoms with van der Waals surface area (Å²) in [5, 5.41) is 5.85. The third-order valence-corrected chi connectivity index (χ3v) is 4.36. The molecular formula is C14H20ClN5S. The molecule has 0 fully saturated rings. The van der Waals surface area contributed by atoms with Crippen LogP contribution in [0.5, 0.6) is 0 Å². The molecule has 2 aromatic rings. The number of rotatable bonds is 7. The molecule has 0 bridgehead atoms.